The maximum Gasteiger partial charge on any atom is 0.0503 e. The summed E-state index contributed by atoms with van der Waals surface area (Å²) in [6.07, 6.45) is 8.50. The molecule has 0 aliphatic heterocycles. The van der Waals surface area contributed by atoms with Gasteiger partial charge in [0.2, 0.25) is 0 Å². The zero-order valence-electron chi connectivity index (χ0n) is 9.64. The summed E-state index contributed by atoms with van der Waals surface area (Å²) in [4.78, 5) is 3.42. The molecule has 1 fully saturated rings. The van der Waals surface area contributed by atoms with Crippen molar-refractivity contribution < 1.29 is 0 Å². The van der Waals surface area contributed by atoms with Crippen molar-refractivity contribution in [2.75, 3.05) is 0 Å². The second kappa shape index (κ2) is 6.01. The monoisotopic (exact) mass is 364 g/mol. The molecule has 0 saturated heterocycles. The van der Waals surface area contributed by atoms with Crippen LogP contribution in [0.15, 0.2) is 10.5 Å². The third kappa shape index (κ3) is 3.33. The zero-order chi connectivity index (χ0) is 11.5. The van der Waals surface area contributed by atoms with Crippen LogP contribution in [-0.4, -0.2) is 0 Å². The minimum absolute atomic E-state index is 0.545. The van der Waals surface area contributed by atoms with Gasteiger partial charge in [-0.2, -0.15) is 0 Å². The van der Waals surface area contributed by atoms with Crippen LogP contribution in [0.4, 0.5) is 0 Å². The molecule has 0 nitrogen and oxygen atoms in total. The van der Waals surface area contributed by atoms with Crippen LogP contribution < -0.4 is 0 Å². The number of halogens is 2. The summed E-state index contributed by atoms with van der Waals surface area (Å²) < 4.78 is 1.28. The molecule has 0 spiro atoms. The molecule has 0 bridgehead atoms. The first kappa shape index (κ1) is 13.1. The molecule has 1 atom stereocenters. The Morgan fingerprint density at radius 2 is 2.06 bits per heavy atom. The average molecular weight is 366 g/mol. The molecule has 16 heavy (non-hydrogen) atoms. The first-order valence-electron chi connectivity index (χ1n) is 6.06. The molecule has 2 rings (SSSR count). The molecule has 0 radical (unpaired) electrons. The van der Waals surface area contributed by atoms with Gasteiger partial charge in [0, 0.05) is 14.2 Å². The van der Waals surface area contributed by atoms with Crippen molar-refractivity contribution in [1.29, 1.82) is 0 Å². The van der Waals surface area contributed by atoms with Crippen LogP contribution in [-0.2, 0) is 0 Å². The predicted molar refractivity (Wildman–Crippen MR) is 79.6 cm³/mol. The van der Waals surface area contributed by atoms with Gasteiger partial charge in [-0.3, -0.25) is 0 Å². The second-order valence-electron chi connectivity index (χ2n) is 4.78. The Hall–Kier alpha value is 0.660. The van der Waals surface area contributed by atoms with Crippen LogP contribution in [0.25, 0.3) is 0 Å². The summed E-state index contributed by atoms with van der Waals surface area (Å²) in [5.74, 6) is 0.937. The molecule has 1 aliphatic carbocycles. The van der Waals surface area contributed by atoms with E-state index in [1.54, 1.807) is 0 Å². The van der Waals surface area contributed by atoms with Gasteiger partial charge in [-0.05, 0) is 41.3 Å². The smallest absolute Gasteiger partial charge is 0.0503 e. The van der Waals surface area contributed by atoms with Gasteiger partial charge in [-0.1, -0.05) is 48.0 Å². The zero-order valence-corrected chi connectivity index (χ0v) is 13.6. The standard InChI is InChI=1S/C13H18Br2S/c1-9-7-11(14)13(16-9)12(15)8-10-5-3-2-4-6-10/h7,10,12H,2-6,8H2,1H3. The third-order valence-electron chi connectivity index (χ3n) is 3.39. The Balaban J connectivity index is 1.96. The highest BCUT2D eigenvalue weighted by atomic mass is 79.9. The van der Waals surface area contributed by atoms with Crippen LogP contribution in [0, 0.1) is 12.8 Å². The molecule has 0 amide bonds. The number of alkyl halides is 1. The van der Waals surface area contributed by atoms with Gasteiger partial charge in [0.05, 0.1) is 4.83 Å². The van der Waals surface area contributed by atoms with E-state index in [2.05, 4.69) is 44.8 Å². The molecule has 1 aromatic rings. The van der Waals surface area contributed by atoms with E-state index in [1.807, 2.05) is 11.3 Å². The molecule has 0 N–H and O–H groups in total. The third-order valence-corrected chi connectivity index (χ3v) is 6.60. The molecule has 1 unspecified atom stereocenters. The Morgan fingerprint density at radius 3 is 2.62 bits per heavy atom. The van der Waals surface area contributed by atoms with E-state index in [0.717, 1.165) is 5.92 Å². The van der Waals surface area contributed by atoms with Gasteiger partial charge in [-0.25, -0.2) is 0 Å². The van der Waals surface area contributed by atoms with E-state index in [4.69, 9.17) is 0 Å². The van der Waals surface area contributed by atoms with Crippen molar-refractivity contribution in [3.8, 4) is 0 Å². The molecule has 1 aromatic heterocycles. The van der Waals surface area contributed by atoms with Gasteiger partial charge in [0.25, 0.3) is 0 Å². The van der Waals surface area contributed by atoms with E-state index in [0.29, 0.717) is 4.83 Å². The normalized spacial score (nSPS) is 19.9. The van der Waals surface area contributed by atoms with Crippen molar-refractivity contribution in [1.82, 2.24) is 0 Å². The molecule has 0 aromatic carbocycles. The Labute approximate surface area is 119 Å². The van der Waals surface area contributed by atoms with Gasteiger partial charge in [0.1, 0.15) is 0 Å². The fourth-order valence-electron chi connectivity index (χ4n) is 2.54. The van der Waals surface area contributed by atoms with Gasteiger partial charge < -0.3 is 0 Å². The first-order chi connectivity index (χ1) is 7.66. The molecule has 1 saturated carbocycles. The van der Waals surface area contributed by atoms with E-state index >= 15 is 0 Å². The van der Waals surface area contributed by atoms with E-state index in [-0.39, 0.29) is 0 Å². The Bertz CT molecular complexity index is 340. The summed E-state index contributed by atoms with van der Waals surface area (Å²) in [6, 6.07) is 2.23. The highest BCUT2D eigenvalue weighted by molar-refractivity contribution is 9.11. The van der Waals surface area contributed by atoms with E-state index in [9.17, 15) is 0 Å². The highest BCUT2D eigenvalue weighted by Crippen LogP contribution is 2.42. The number of aryl methyl sites for hydroxylation is 1. The Kier molecular flexibility index (Phi) is 4.92. The lowest BCUT2D eigenvalue weighted by Gasteiger charge is -2.23. The predicted octanol–water partition coefficient (Wildman–Crippen LogP) is 6.23. The molecular weight excluding hydrogens is 348 g/mol. The van der Waals surface area contributed by atoms with Crippen LogP contribution >= 0.6 is 43.2 Å². The lowest BCUT2D eigenvalue weighted by Crippen LogP contribution is -2.08. The Morgan fingerprint density at radius 1 is 1.38 bits per heavy atom. The summed E-state index contributed by atoms with van der Waals surface area (Å²) >= 11 is 9.45. The lowest BCUT2D eigenvalue weighted by atomic mass is 9.86. The minimum atomic E-state index is 0.545. The van der Waals surface area contributed by atoms with Crippen LogP contribution in [0.3, 0.4) is 0 Å². The minimum Gasteiger partial charge on any atom is -0.143 e. The number of hydrogen-bond donors (Lipinski definition) is 0. The average Bonchev–Trinajstić information content (AvgIpc) is 2.59. The van der Waals surface area contributed by atoms with Crippen LogP contribution in [0.2, 0.25) is 0 Å². The van der Waals surface area contributed by atoms with Crippen molar-refractivity contribution in [3.05, 3.63) is 20.3 Å². The van der Waals surface area contributed by atoms with Crippen molar-refractivity contribution >= 4 is 43.2 Å². The van der Waals surface area contributed by atoms with Crippen LogP contribution in [0.5, 0.6) is 0 Å². The molecule has 1 heterocycles. The van der Waals surface area contributed by atoms with Crippen molar-refractivity contribution in [2.45, 2.75) is 50.3 Å². The largest absolute Gasteiger partial charge is 0.143 e. The van der Waals surface area contributed by atoms with Gasteiger partial charge in [-0.15, -0.1) is 11.3 Å². The molecule has 3 heteroatoms. The van der Waals surface area contributed by atoms with Crippen molar-refractivity contribution in [2.24, 2.45) is 5.92 Å². The maximum atomic E-state index is 3.87. The molecule has 90 valence electrons. The molecule has 1 aliphatic rings. The number of rotatable bonds is 3. The fourth-order valence-corrected chi connectivity index (χ4v) is 5.82. The summed E-state index contributed by atoms with van der Waals surface area (Å²) in [7, 11) is 0. The summed E-state index contributed by atoms with van der Waals surface area (Å²) in [5.41, 5.74) is 0. The first-order valence-corrected chi connectivity index (χ1v) is 8.59. The number of thiophene rings is 1. The molecular formula is C13H18Br2S. The van der Waals surface area contributed by atoms with E-state index in [1.165, 1.54) is 52.8 Å². The SMILES string of the molecule is Cc1cc(Br)c(C(Br)CC2CCCCC2)s1. The van der Waals surface area contributed by atoms with E-state index < -0.39 is 0 Å². The van der Waals surface area contributed by atoms with Gasteiger partial charge in [0.15, 0.2) is 0 Å². The fraction of sp³-hybridized carbons (Fsp3) is 0.692. The van der Waals surface area contributed by atoms with Crippen LogP contribution in [0.1, 0.15) is 53.1 Å². The lowest BCUT2D eigenvalue weighted by molar-refractivity contribution is 0.339. The second-order valence-corrected chi connectivity index (χ2v) is 8.02. The topological polar surface area (TPSA) is 0 Å². The quantitative estimate of drug-likeness (QED) is 0.557. The maximum absolute atomic E-state index is 3.87. The highest BCUT2D eigenvalue weighted by Gasteiger charge is 2.21. The summed E-state index contributed by atoms with van der Waals surface area (Å²) in [5, 5.41) is 0. The van der Waals surface area contributed by atoms with Gasteiger partial charge >= 0.3 is 0 Å². The van der Waals surface area contributed by atoms with Crippen molar-refractivity contribution in [3.63, 3.8) is 0 Å². The number of hydrogen-bond acceptors (Lipinski definition) is 1. The summed E-state index contributed by atoms with van der Waals surface area (Å²) in [6.45, 7) is 2.18.